The predicted molar refractivity (Wildman–Crippen MR) is 155 cm³/mol. The Morgan fingerprint density at radius 1 is 0.881 bits per heavy atom. The number of hydrogen-bond donors (Lipinski definition) is 1. The normalized spacial score (nSPS) is 11.4. The molecule has 1 heterocycles. The van der Waals surface area contributed by atoms with Gasteiger partial charge in [0.1, 0.15) is 6.54 Å². The fourth-order valence-corrected chi connectivity index (χ4v) is 4.88. The van der Waals surface area contributed by atoms with Gasteiger partial charge < -0.3 is 24.3 Å². The summed E-state index contributed by atoms with van der Waals surface area (Å²) in [5, 5.41) is 1.06. The van der Waals surface area contributed by atoms with Gasteiger partial charge in [-0.15, -0.1) is 0 Å². The quantitative estimate of drug-likeness (QED) is 0.212. The highest BCUT2D eigenvalue weighted by Gasteiger charge is 2.31. The zero-order chi connectivity index (χ0) is 30.3. The number of alkyl halides is 3. The third-order valence-corrected chi connectivity index (χ3v) is 7.04. The van der Waals surface area contributed by atoms with Crippen LogP contribution in [0.1, 0.15) is 40.4 Å². The van der Waals surface area contributed by atoms with Crippen LogP contribution in [0.25, 0.3) is 10.9 Å². The average Bonchev–Trinajstić information content (AvgIpc) is 3.41. The lowest BCUT2D eigenvalue weighted by Crippen LogP contribution is -2.43. The maximum Gasteiger partial charge on any atom is 0.416 e. The van der Waals surface area contributed by atoms with Crippen LogP contribution in [0.4, 0.5) is 13.2 Å². The van der Waals surface area contributed by atoms with Crippen molar-refractivity contribution >= 4 is 22.7 Å². The number of nitrogens with one attached hydrogen (secondary N) is 1. The number of amides is 2. The Hall–Kier alpha value is -4.47. The molecule has 222 valence electrons. The van der Waals surface area contributed by atoms with Gasteiger partial charge in [0.15, 0.2) is 11.5 Å². The molecule has 2 amide bonds. The predicted octanol–water partition coefficient (Wildman–Crippen LogP) is 6.33. The van der Waals surface area contributed by atoms with Gasteiger partial charge in [-0.3, -0.25) is 9.59 Å². The number of aromatic nitrogens is 1. The lowest BCUT2D eigenvalue weighted by molar-refractivity contribution is -0.137. The Kier molecular flexibility index (Phi) is 9.77. The third kappa shape index (κ3) is 7.23. The highest BCUT2D eigenvalue weighted by atomic mass is 19.4. The number of rotatable bonds is 12. The van der Waals surface area contributed by atoms with Gasteiger partial charge in [0, 0.05) is 42.3 Å². The molecule has 7 nitrogen and oxygen atoms in total. The van der Waals surface area contributed by atoms with E-state index in [1.165, 1.54) is 31.3 Å². The zero-order valence-corrected chi connectivity index (χ0v) is 23.8. The van der Waals surface area contributed by atoms with E-state index in [2.05, 4.69) is 4.98 Å². The highest BCUT2D eigenvalue weighted by Crippen LogP contribution is 2.30. The van der Waals surface area contributed by atoms with Crippen LogP contribution in [-0.4, -0.2) is 60.5 Å². The van der Waals surface area contributed by atoms with E-state index in [0.717, 1.165) is 34.2 Å². The van der Waals surface area contributed by atoms with E-state index in [0.29, 0.717) is 30.9 Å². The van der Waals surface area contributed by atoms with Gasteiger partial charge in [0.2, 0.25) is 5.91 Å². The van der Waals surface area contributed by atoms with Gasteiger partial charge in [-0.2, -0.15) is 13.2 Å². The molecule has 1 aromatic heterocycles. The SMILES string of the molecule is CCCN(CC(=O)N(CCc1c[nH]c2ccccc12)Cc1ccc(OC)c(OC)c1)C(=O)c1cccc(C(F)(F)F)c1. The second-order valence-corrected chi connectivity index (χ2v) is 9.92. The van der Waals surface area contributed by atoms with Crippen LogP contribution < -0.4 is 9.47 Å². The van der Waals surface area contributed by atoms with Crippen LogP contribution in [-0.2, 0) is 23.9 Å². The fourth-order valence-electron chi connectivity index (χ4n) is 4.88. The molecule has 0 saturated heterocycles. The molecule has 4 rings (SSSR count). The lowest BCUT2D eigenvalue weighted by atomic mass is 10.1. The molecule has 3 aromatic carbocycles. The first-order chi connectivity index (χ1) is 20.1. The smallest absolute Gasteiger partial charge is 0.416 e. The number of fused-ring (bicyclic) bond motifs is 1. The van der Waals surface area contributed by atoms with Crippen molar-refractivity contribution in [3.8, 4) is 11.5 Å². The number of H-pyrrole nitrogens is 1. The summed E-state index contributed by atoms with van der Waals surface area (Å²) in [6.07, 6.45) is -1.58. The van der Waals surface area contributed by atoms with Crippen LogP contribution in [0.2, 0.25) is 0 Å². The van der Waals surface area contributed by atoms with Crippen LogP contribution in [0.15, 0.2) is 72.9 Å². The standard InChI is InChI=1S/C32H34F3N3O4/c1-4-15-38(31(40)23-8-7-9-25(18-23)32(33,34)35)21-30(39)37(20-22-12-13-28(41-2)29(17-22)42-3)16-14-24-19-36-27-11-6-5-10-26(24)27/h5-13,17-19,36H,4,14-16,20-21H2,1-3H3. The Morgan fingerprint density at radius 2 is 1.64 bits per heavy atom. The molecule has 0 unspecified atom stereocenters. The molecule has 0 fully saturated rings. The van der Waals surface area contributed by atoms with E-state index < -0.39 is 17.6 Å². The number of hydrogen-bond acceptors (Lipinski definition) is 4. The topological polar surface area (TPSA) is 74.9 Å². The van der Waals surface area contributed by atoms with Gasteiger partial charge in [0.25, 0.3) is 5.91 Å². The Bertz CT molecular complexity index is 1530. The molecular formula is C32H34F3N3O4. The van der Waals surface area contributed by atoms with Crippen LogP contribution >= 0.6 is 0 Å². The van der Waals surface area contributed by atoms with Crippen molar-refractivity contribution in [2.24, 2.45) is 0 Å². The van der Waals surface area contributed by atoms with Crippen molar-refractivity contribution in [2.45, 2.75) is 32.5 Å². The molecule has 0 saturated carbocycles. The number of carbonyl (C=O) groups is 2. The molecule has 4 aromatic rings. The first kappa shape index (κ1) is 30.5. The first-order valence-electron chi connectivity index (χ1n) is 13.6. The van der Waals surface area contributed by atoms with Crippen LogP contribution in [0.5, 0.6) is 11.5 Å². The lowest BCUT2D eigenvalue weighted by Gasteiger charge is -2.28. The van der Waals surface area contributed by atoms with E-state index in [1.807, 2.05) is 43.5 Å². The number of carbonyl (C=O) groups excluding carboxylic acids is 2. The number of ether oxygens (including phenoxy) is 2. The summed E-state index contributed by atoms with van der Waals surface area (Å²) in [6.45, 7) is 2.37. The third-order valence-electron chi connectivity index (χ3n) is 7.04. The zero-order valence-electron chi connectivity index (χ0n) is 23.8. The summed E-state index contributed by atoms with van der Waals surface area (Å²) >= 11 is 0. The Labute approximate surface area is 242 Å². The van der Waals surface area contributed by atoms with Crippen LogP contribution in [0.3, 0.4) is 0 Å². The number of methoxy groups -OCH3 is 2. The van der Waals surface area contributed by atoms with Gasteiger partial charge in [-0.25, -0.2) is 0 Å². The summed E-state index contributed by atoms with van der Waals surface area (Å²) in [7, 11) is 3.07. The summed E-state index contributed by atoms with van der Waals surface area (Å²) in [4.78, 5) is 33.3. The molecular weight excluding hydrogens is 547 g/mol. The molecule has 42 heavy (non-hydrogen) atoms. The maximum absolute atomic E-state index is 13.8. The number of aromatic amines is 1. The Morgan fingerprint density at radius 3 is 2.36 bits per heavy atom. The molecule has 0 radical (unpaired) electrons. The molecule has 0 spiro atoms. The van der Waals surface area contributed by atoms with Crippen LogP contribution in [0, 0.1) is 0 Å². The monoisotopic (exact) mass is 581 g/mol. The van der Waals surface area contributed by atoms with Gasteiger partial charge in [-0.05, 0) is 60.4 Å². The van der Waals surface area contributed by atoms with Crippen molar-refractivity contribution in [1.82, 2.24) is 14.8 Å². The summed E-state index contributed by atoms with van der Waals surface area (Å²) < 4.78 is 50.7. The summed E-state index contributed by atoms with van der Waals surface area (Å²) in [5.74, 6) is 0.127. The van der Waals surface area contributed by atoms with E-state index in [4.69, 9.17) is 9.47 Å². The second-order valence-electron chi connectivity index (χ2n) is 9.92. The molecule has 0 aliphatic carbocycles. The average molecular weight is 582 g/mol. The van der Waals surface area contributed by atoms with E-state index in [1.54, 1.807) is 17.0 Å². The van der Waals surface area contributed by atoms with E-state index in [9.17, 15) is 22.8 Å². The molecule has 0 atom stereocenters. The van der Waals surface area contributed by atoms with E-state index in [-0.39, 0.29) is 31.1 Å². The largest absolute Gasteiger partial charge is 0.493 e. The van der Waals surface area contributed by atoms with E-state index >= 15 is 0 Å². The number of para-hydroxylation sites is 1. The number of benzene rings is 3. The summed E-state index contributed by atoms with van der Waals surface area (Å²) in [6, 6.07) is 17.6. The highest BCUT2D eigenvalue weighted by molar-refractivity contribution is 5.96. The van der Waals surface area contributed by atoms with Crippen molar-refractivity contribution in [2.75, 3.05) is 33.9 Å². The van der Waals surface area contributed by atoms with Gasteiger partial charge in [0.05, 0.1) is 19.8 Å². The first-order valence-corrected chi connectivity index (χ1v) is 13.6. The van der Waals surface area contributed by atoms with Crippen molar-refractivity contribution < 1.29 is 32.2 Å². The minimum absolute atomic E-state index is 0.115. The molecule has 0 aliphatic rings. The number of halogens is 3. The maximum atomic E-state index is 13.8. The minimum atomic E-state index is -4.58. The minimum Gasteiger partial charge on any atom is -0.493 e. The van der Waals surface area contributed by atoms with Crippen molar-refractivity contribution in [1.29, 1.82) is 0 Å². The van der Waals surface area contributed by atoms with Crippen molar-refractivity contribution in [3.05, 3.63) is 95.2 Å². The van der Waals surface area contributed by atoms with Gasteiger partial charge >= 0.3 is 6.18 Å². The Balaban J connectivity index is 1.59. The van der Waals surface area contributed by atoms with Gasteiger partial charge in [-0.1, -0.05) is 37.3 Å². The molecule has 1 N–H and O–H groups in total. The fraction of sp³-hybridized carbons (Fsp3) is 0.312. The second kappa shape index (κ2) is 13.5. The molecule has 0 bridgehead atoms. The van der Waals surface area contributed by atoms with Crippen molar-refractivity contribution in [3.63, 3.8) is 0 Å². The molecule has 0 aliphatic heterocycles. The number of nitrogens with zero attached hydrogens (tertiary/aromatic N) is 2. The molecule has 10 heteroatoms. The summed E-state index contributed by atoms with van der Waals surface area (Å²) in [5.41, 5.74) is 1.81.